The maximum absolute atomic E-state index is 6.72. The van der Waals surface area contributed by atoms with Crippen LogP contribution in [0.2, 0.25) is 0 Å². The molecule has 0 radical (unpaired) electrons. The summed E-state index contributed by atoms with van der Waals surface area (Å²) in [4.78, 5) is 0. The van der Waals surface area contributed by atoms with E-state index in [0.29, 0.717) is 0 Å². The standard InChI is InChI=1S/C57H38N2O/c1-57(2)49-17-9-6-14-41(49)42-25-20-37(32-50(42)57)38-21-26-45-46-27-24-40(34-56(46)60-55(45)33-38)59-52-19-11-8-16-44(52)48-31-36(23-29-54(48)59)35-22-28-53-47(30-35)43-15-7-10-18-51(43)58(53)39-12-4-3-5-13-39/h3-34H,1-2H3. The summed E-state index contributed by atoms with van der Waals surface area (Å²) in [5.41, 5.74) is 19.0. The predicted molar refractivity (Wildman–Crippen MR) is 251 cm³/mol. The van der Waals surface area contributed by atoms with Gasteiger partial charge in [-0.15, -0.1) is 0 Å². The number of hydrogen-bond acceptors (Lipinski definition) is 1. The molecule has 3 heteroatoms. The van der Waals surface area contributed by atoms with Crippen LogP contribution in [0.25, 0.3) is 110 Å². The summed E-state index contributed by atoms with van der Waals surface area (Å²) in [6, 6.07) is 71.1. The van der Waals surface area contributed by atoms with E-state index in [9.17, 15) is 0 Å². The van der Waals surface area contributed by atoms with Gasteiger partial charge in [-0.25, -0.2) is 0 Å². The molecule has 3 heterocycles. The first kappa shape index (κ1) is 33.4. The van der Waals surface area contributed by atoms with Crippen molar-refractivity contribution in [3.8, 4) is 44.8 Å². The molecule has 1 aliphatic carbocycles. The molecule has 0 N–H and O–H groups in total. The van der Waals surface area contributed by atoms with Crippen molar-refractivity contribution in [2.24, 2.45) is 0 Å². The Balaban J connectivity index is 0.904. The average molecular weight is 767 g/mol. The lowest BCUT2D eigenvalue weighted by Gasteiger charge is -2.22. The van der Waals surface area contributed by atoms with Gasteiger partial charge in [-0.3, -0.25) is 0 Å². The number of benzene rings is 9. The van der Waals surface area contributed by atoms with Crippen molar-refractivity contribution < 1.29 is 4.42 Å². The lowest BCUT2D eigenvalue weighted by molar-refractivity contribution is 0.660. The molecule has 0 saturated carbocycles. The van der Waals surface area contributed by atoms with Crippen LogP contribution in [0.4, 0.5) is 0 Å². The number of furan rings is 1. The largest absolute Gasteiger partial charge is 0.456 e. The minimum Gasteiger partial charge on any atom is -0.456 e. The minimum atomic E-state index is -0.0457. The van der Waals surface area contributed by atoms with Gasteiger partial charge in [0, 0.05) is 55.2 Å². The molecule has 0 amide bonds. The molecule has 9 aromatic carbocycles. The number of nitrogens with zero attached hydrogens (tertiary/aromatic N) is 2. The Labute approximate surface area is 347 Å². The van der Waals surface area contributed by atoms with Gasteiger partial charge < -0.3 is 13.6 Å². The number of hydrogen-bond donors (Lipinski definition) is 0. The molecule has 12 aromatic rings. The van der Waals surface area contributed by atoms with Gasteiger partial charge in [0.05, 0.1) is 22.1 Å². The Morgan fingerprint density at radius 2 is 0.833 bits per heavy atom. The van der Waals surface area contributed by atoms with E-state index in [1.54, 1.807) is 0 Å². The van der Waals surface area contributed by atoms with Crippen LogP contribution in [-0.2, 0) is 5.41 Å². The molecular weight excluding hydrogens is 729 g/mol. The van der Waals surface area contributed by atoms with Gasteiger partial charge in [-0.2, -0.15) is 0 Å². The van der Waals surface area contributed by atoms with E-state index in [1.807, 2.05) is 0 Å². The van der Waals surface area contributed by atoms with Crippen molar-refractivity contribution in [2.75, 3.05) is 0 Å². The van der Waals surface area contributed by atoms with Crippen molar-refractivity contribution in [2.45, 2.75) is 19.3 Å². The lowest BCUT2D eigenvalue weighted by Crippen LogP contribution is -2.14. The second-order valence-corrected chi connectivity index (χ2v) is 16.9. The fraction of sp³-hybridized carbons (Fsp3) is 0.0526. The Morgan fingerprint density at radius 3 is 1.55 bits per heavy atom. The Hall–Kier alpha value is -7.62. The molecular formula is C57H38N2O. The van der Waals surface area contributed by atoms with Crippen LogP contribution in [0, 0.1) is 0 Å². The summed E-state index contributed by atoms with van der Waals surface area (Å²) in [5, 5.41) is 7.22. The molecule has 0 fully saturated rings. The highest BCUT2D eigenvalue weighted by molar-refractivity contribution is 6.13. The van der Waals surface area contributed by atoms with E-state index >= 15 is 0 Å². The summed E-state index contributed by atoms with van der Waals surface area (Å²) in [7, 11) is 0. The monoisotopic (exact) mass is 766 g/mol. The minimum absolute atomic E-state index is 0.0457. The van der Waals surface area contributed by atoms with Crippen LogP contribution >= 0.6 is 0 Å². The zero-order valence-corrected chi connectivity index (χ0v) is 33.3. The molecule has 13 rings (SSSR count). The second-order valence-electron chi connectivity index (χ2n) is 16.9. The van der Waals surface area contributed by atoms with Crippen molar-refractivity contribution in [1.29, 1.82) is 0 Å². The van der Waals surface area contributed by atoms with Crippen LogP contribution in [0.15, 0.2) is 199 Å². The second kappa shape index (κ2) is 12.2. The van der Waals surface area contributed by atoms with E-state index in [2.05, 4.69) is 217 Å². The molecule has 0 bridgehead atoms. The summed E-state index contributed by atoms with van der Waals surface area (Å²) >= 11 is 0. The lowest BCUT2D eigenvalue weighted by atomic mass is 9.81. The first-order valence-electron chi connectivity index (χ1n) is 20.8. The molecule has 0 spiro atoms. The van der Waals surface area contributed by atoms with Crippen molar-refractivity contribution >= 4 is 65.6 Å². The molecule has 3 aromatic heterocycles. The Morgan fingerprint density at radius 1 is 0.333 bits per heavy atom. The van der Waals surface area contributed by atoms with Crippen molar-refractivity contribution in [1.82, 2.24) is 9.13 Å². The third kappa shape index (κ3) is 4.66. The summed E-state index contributed by atoms with van der Waals surface area (Å²) < 4.78 is 11.5. The third-order valence-corrected chi connectivity index (χ3v) is 13.3. The molecule has 0 aliphatic heterocycles. The maximum Gasteiger partial charge on any atom is 0.137 e. The van der Waals surface area contributed by atoms with E-state index in [-0.39, 0.29) is 5.41 Å². The highest BCUT2D eigenvalue weighted by atomic mass is 16.3. The number of rotatable bonds is 4. The normalized spacial score (nSPS) is 13.3. The number of aromatic nitrogens is 2. The van der Waals surface area contributed by atoms with E-state index in [0.717, 1.165) is 33.2 Å². The van der Waals surface area contributed by atoms with Gasteiger partial charge in [-0.1, -0.05) is 123 Å². The number of fused-ring (bicyclic) bond motifs is 12. The molecule has 60 heavy (non-hydrogen) atoms. The Bertz CT molecular complexity index is 3740. The quantitative estimate of drug-likeness (QED) is 0.175. The average Bonchev–Trinajstić information content (AvgIpc) is 4.00. The van der Waals surface area contributed by atoms with Crippen LogP contribution < -0.4 is 0 Å². The SMILES string of the molecule is CC1(C)c2ccccc2-c2ccc(-c3ccc4c(c3)oc3cc(-n5c6ccccc6c6cc(-c7ccc8c(c7)c7ccccc7n8-c7ccccc7)ccc65)ccc34)cc21. The van der Waals surface area contributed by atoms with Crippen LogP contribution in [0.5, 0.6) is 0 Å². The van der Waals surface area contributed by atoms with Gasteiger partial charge >= 0.3 is 0 Å². The first-order chi connectivity index (χ1) is 29.5. The van der Waals surface area contributed by atoms with Crippen molar-refractivity contribution in [3.63, 3.8) is 0 Å². The zero-order chi connectivity index (χ0) is 39.7. The summed E-state index contributed by atoms with van der Waals surface area (Å²) in [6.07, 6.45) is 0. The molecule has 0 unspecified atom stereocenters. The van der Waals surface area contributed by atoms with Crippen molar-refractivity contribution in [3.05, 3.63) is 205 Å². The van der Waals surface area contributed by atoms with Crippen LogP contribution in [-0.4, -0.2) is 9.13 Å². The molecule has 0 saturated heterocycles. The van der Waals surface area contributed by atoms with Crippen LogP contribution in [0.3, 0.4) is 0 Å². The summed E-state index contributed by atoms with van der Waals surface area (Å²) in [5.74, 6) is 0. The molecule has 1 aliphatic rings. The van der Waals surface area contributed by atoms with Gasteiger partial charge in [0.1, 0.15) is 11.2 Å². The van der Waals surface area contributed by atoms with E-state index in [1.165, 1.54) is 88.2 Å². The topological polar surface area (TPSA) is 23.0 Å². The fourth-order valence-corrected chi connectivity index (χ4v) is 10.4. The number of para-hydroxylation sites is 3. The smallest absolute Gasteiger partial charge is 0.137 e. The van der Waals surface area contributed by atoms with E-state index in [4.69, 9.17) is 4.42 Å². The van der Waals surface area contributed by atoms with Gasteiger partial charge in [-0.05, 0) is 123 Å². The van der Waals surface area contributed by atoms with Gasteiger partial charge in [0.25, 0.3) is 0 Å². The highest BCUT2D eigenvalue weighted by Gasteiger charge is 2.35. The fourth-order valence-electron chi connectivity index (χ4n) is 10.4. The predicted octanol–water partition coefficient (Wildman–Crippen LogP) is 15.4. The van der Waals surface area contributed by atoms with Gasteiger partial charge in [0.2, 0.25) is 0 Å². The third-order valence-electron chi connectivity index (χ3n) is 13.3. The highest BCUT2D eigenvalue weighted by Crippen LogP contribution is 2.50. The molecule has 282 valence electrons. The van der Waals surface area contributed by atoms with Crippen LogP contribution in [0.1, 0.15) is 25.0 Å². The Kier molecular flexibility index (Phi) is 6.78. The van der Waals surface area contributed by atoms with Gasteiger partial charge in [0.15, 0.2) is 0 Å². The maximum atomic E-state index is 6.72. The first-order valence-corrected chi connectivity index (χ1v) is 20.8. The zero-order valence-electron chi connectivity index (χ0n) is 33.3. The summed E-state index contributed by atoms with van der Waals surface area (Å²) in [6.45, 7) is 4.68. The van der Waals surface area contributed by atoms with E-state index < -0.39 is 0 Å². The molecule has 0 atom stereocenters. The molecule has 3 nitrogen and oxygen atoms in total.